The smallest absolute Gasteiger partial charge is 0.246 e. The number of piperazine rings is 1. The summed E-state index contributed by atoms with van der Waals surface area (Å²) in [7, 11) is -0.236. The highest BCUT2D eigenvalue weighted by atomic mass is 32.2. The molecule has 2 aromatic heterocycles. The van der Waals surface area contributed by atoms with Crippen LogP contribution in [0.1, 0.15) is 25.3 Å². The zero-order valence-electron chi connectivity index (χ0n) is 18.2. The largest absolute Gasteiger partial charge is 0.495 e. The molecule has 1 aromatic carbocycles. The van der Waals surface area contributed by atoms with Gasteiger partial charge in [0.15, 0.2) is 11.5 Å². The van der Waals surface area contributed by atoms with Crippen molar-refractivity contribution < 1.29 is 13.2 Å². The Bertz CT molecular complexity index is 1210. The summed E-state index contributed by atoms with van der Waals surface area (Å²) in [5.74, 6) is 0.928. The zero-order chi connectivity index (χ0) is 22.3. The van der Waals surface area contributed by atoms with Crippen molar-refractivity contribution in [3.05, 3.63) is 36.0 Å². The van der Waals surface area contributed by atoms with Crippen molar-refractivity contribution in [3.8, 4) is 17.0 Å². The molecule has 4 rings (SSSR count). The highest BCUT2D eigenvalue weighted by molar-refractivity contribution is 7.89. The molecule has 166 valence electrons. The maximum Gasteiger partial charge on any atom is 0.246 e. The SMILES string of the molecule is COc1ccc(-c2ccn3nc(N)c(C(C)C)c3n2)cc1S(=O)(=O)N1CCN(C)CC1. The summed E-state index contributed by atoms with van der Waals surface area (Å²) in [4.78, 5) is 7.02. The molecule has 0 amide bonds. The quantitative estimate of drug-likeness (QED) is 0.642. The van der Waals surface area contributed by atoms with E-state index in [4.69, 9.17) is 15.5 Å². The molecule has 0 bridgehead atoms. The van der Waals surface area contributed by atoms with Gasteiger partial charge in [-0.2, -0.15) is 4.31 Å². The molecule has 0 atom stereocenters. The lowest BCUT2D eigenvalue weighted by Crippen LogP contribution is -2.47. The number of sulfonamides is 1. The predicted octanol–water partition coefficient (Wildman–Crippen LogP) is 2.05. The number of aromatic nitrogens is 3. The molecule has 1 aliphatic rings. The minimum Gasteiger partial charge on any atom is -0.495 e. The van der Waals surface area contributed by atoms with Gasteiger partial charge < -0.3 is 15.4 Å². The van der Waals surface area contributed by atoms with E-state index < -0.39 is 10.0 Å². The van der Waals surface area contributed by atoms with E-state index in [1.54, 1.807) is 28.9 Å². The Balaban J connectivity index is 1.80. The summed E-state index contributed by atoms with van der Waals surface area (Å²) in [6.07, 6.45) is 1.79. The van der Waals surface area contributed by atoms with Crippen LogP contribution in [0.4, 0.5) is 5.82 Å². The summed E-state index contributed by atoms with van der Waals surface area (Å²) >= 11 is 0. The van der Waals surface area contributed by atoms with Crippen molar-refractivity contribution in [1.29, 1.82) is 0 Å². The van der Waals surface area contributed by atoms with E-state index in [-0.39, 0.29) is 10.8 Å². The summed E-state index contributed by atoms with van der Waals surface area (Å²) in [6.45, 7) is 6.36. The molecule has 3 heterocycles. The van der Waals surface area contributed by atoms with Gasteiger partial charge in [0.05, 0.1) is 12.8 Å². The fraction of sp³-hybridized carbons (Fsp3) is 0.429. The lowest BCUT2D eigenvalue weighted by molar-refractivity contribution is 0.222. The van der Waals surface area contributed by atoms with Gasteiger partial charge in [-0.25, -0.2) is 17.9 Å². The molecule has 0 aliphatic carbocycles. The summed E-state index contributed by atoms with van der Waals surface area (Å²) in [5, 5.41) is 4.33. The highest BCUT2D eigenvalue weighted by Gasteiger charge is 2.30. The number of methoxy groups -OCH3 is 1. The van der Waals surface area contributed by atoms with Crippen LogP contribution in [0.2, 0.25) is 0 Å². The van der Waals surface area contributed by atoms with Crippen LogP contribution in [-0.2, 0) is 10.0 Å². The van der Waals surface area contributed by atoms with E-state index in [0.29, 0.717) is 54.7 Å². The van der Waals surface area contributed by atoms with Crippen molar-refractivity contribution in [2.75, 3.05) is 46.1 Å². The van der Waals surface area contributed by atoms with Crippen LogP contribution < -0.4 is 10.5 Å². The summed E-state index contributed by atoms with van der Waals surface area (Å²) in [5.41, 5.74) is 8.95. The molecule has 1 saturated heterocycles. The number of likely N-dealkylation sites (N-methyl/N-ethyl adjacent to an activating group) is 1. The first-order chi connectivity index (χ1) is 14.7. The number of nitrogens with two attached hydrogens (primary N) is 1. The van der Waals surface area contributed by atoms with E-state index in [0.717, 1.165) is 5.56 Å². The number of rotatable bonds is 5. The molecular formula is C21H28N6O3S. The van der Waals surface area contributed by atoms with E-state index in [2.05, 4.69) is 10.00 Å². The molecule has 0 spiro atoms. The van der Waals surface area contributed by atoms with Crippen molar-refractivity contribution in [2.24, 2.45) is 0 Å². The molecule has 9 nitrogen and oxygen atoms in total. The van der Waals surface area contributed by atoms with Gasteiger partial charge in [0.1, 0.15) is 10.6 Å². The Kier molecular flexibility index (Phi) is 5.63. The van der Waals surface area contributed by atoms with Crippen LogP contribution >= 0.6 is 0 Å². The third kappa shape index (κ3) is 3.86. The molecule has 0 saturated carbocycles. The lowest BCUT2D eigenvalue weighted by Gasteiger charge is -2.31. The van der Waals surface area contributed by atoms with Crippen LogP contribution in [0.25, 0.3) is 16.9 Å². The van der Waals surface area contributed by atoms with Gasteiger partial charge in [-0.1, -0.05) is 13.8 Å². The van der Waals surface area contributed by atoms with Crippen LogP contribution in [0, 0.1) is 0 Å². The maximum atomic E-state index is 13.4. The van der Waals surface area contributed by atoms with E-state index in [9.17, 15) is 8.42 Å². The first kappa shape index (κ1) is 21.5. The topological polar surface area (TPSA) is 106 Å². The molecule has 1 fully saturated rings. The number of hydrogen-bond donors (Lipinski definition) is 1. The van der Waals surface area contributed by atoms with Crippen LogP contribution in [0.3, 0.4) is 0 Å². The van der Waals surface area contributed by atoms with Gasteiger partial charge in [-0.3, -0.25) is 0 Å². The zero-order valence-corrected chi connectivity index (χ0v) is 19.1. The number of fused-ring (bicyclic) bond motifs is 1. The highest BCUT2D eigenvalue weighted by Crippen LogP contribution is 2.33. The Labute approximate surface area is 182 Å². The van der Waals surface area contributed by atoms with Gasteiger partial charge in [0.25, 0.3) is 0 Å². The molecule has 31 heavy (non-hydrogen) atoms. The summed E-state index contributed by atoms with van der Waals surface area (Å²) in [6, 6.07) is 6.94. The minimum atomic E-state index is -3.70. The predicted molar refractivity (Wildman–Crippen MR) is 120 cm³/mol. The van der Waals surface area contributed by atoms with Gasteiger partial charge in [0.2, 0.25) is 10.0 Å². The van der Waals surface area contributed by atoms with Gasteiger partial charge >= 0.3 is 0 Å². The fourth-order valence-electron chi connectivity index (χ4n) is 3.88. The number of benzene rings is 1. The first-order valence-electron chi connectivity index (χ1n) is 10.2. The van der Waals surface area contributed by atoms with Crippen molar-refractivity contribution in [3.63, 3.8) is 0 Å². The number of hydrogen-bond acceptors (Lipinski definition) is 7. The second kappa shape index (κ2) is 8.10. The first-order valence-corrected chi connectivity index (χ1v) is 11.7. The molecule has 3 aromatic rings. The molecule has 10 heteroatoms. The second-order valence-electron chi connectivity index (χ2n) is 8.11. The number of anilines is 1. The standard InChI is InChI=1S/C21H28N6O3S/c1-14(2)19-20(22)24-27-8-7-16(23-21(19)27)15-5-6-17(30-4)18(13-15)31(28,29)26-11-9-25(3)10-12-26/h5-8,13-14H,9-12H2,1-4H3,(H2,22,24). The lowest BCUT2D eigenvalue weighted by atomic mass is 10.1. The average molecular weight is 445 g/mol. The Morgan fingerprint density at radius 1 is 1.13 bits per heavy atom. The maximum absolute atomic E-state index is 13.4. The molecule has 2 N–H and O–H groups in total. The van der Waals surface area contributed by atoms with Crippen molar-refractivity contribution >= 4 is 21.5 Å². The van der Waals surface area contributed by atoms with Gasteiger partial charge in [-0.05, 0) is 37.2 Å². The van der Waals surface area contributed by atoms with Crippen molar-refractivity contribution in [2.45, 2.75) is 24.7 Å². The van der Waals surface area contributed by atoms with Gasteiger partial charge in [0, 0.05) is 43.5 Å². The normalized spacial score (nSPS) is 16.3. The van der Waals surface area contributed by atoms with Gasteiger partial charge in [-0.15, -0.1) is 5.10 Å². The monoisotopic (exact) mass is 444 g/mol. The Morgan fingerprint density at radius 3 is 2.48 bits per heavy atom. The van der Waals surface area contributed by atoms with E-state index in [1.165, 1.54) is 11.4 Å². The van der Waals surface area contributed by atoms with E-state index in [1.807, 2.05) is 27.0 Å². The van der Waals surface area contributed by atoms with Crippen LogP contribution in [0.5, 0.6) is 5.75 Å². The molecule has 0 radical (unpaired) electrons. The number of nitrogen functional groups attached to an aromatic ring is 1. The second-order valence-corrected chi connectivity index (χ2v) is 10.0. The Hall–Kier alpha value is -2.69. The van der Waals surface area contributed by atoms with E-state index >= 15 is 0 Å². The van der Waals surface area contributed by atoms with Crippen molar-refractivity contribution in [1.82, 2.24) is 23.8 Å². The third-order valence-corrected chi connectivity index (χ3v) is 7.59. The average Bonchev–Trinajstić information content (AvgIpc) is 3.08. The van der Waals surface area contributed by atoms with Crippen LogP contribution in [-0.4, -0.2) is 72.6 Å². The Morgan fingerprint density at radius 2 is 1.84 bits per heavy atom. The molecule has 1 aliphatic heterocycles. The van der Waals surface area contributed by atoms with Crippen LogP contribution in [0.15, 0.2) is 35.4 Å². The molecular weight excluding hydrogens is 416 g/mol. The third-order valence-electron chi connectivity index (χ3n) is 5.67. The number of nitrogens with zero attached hydrogens (tertiary/aromatic N) is 5. The number of ether oxygens (including phenoxy) is 1. The summed E-state index contributed by atoms with van der Waals surface area (Å²) < 4.78 is 35.3. The fourth-order valence-corrected chi connectivity index (χ4v) is 5.49. The molecule has 0 unspecified atom stereocenters. The minimum absolute atomic E-state index is 0.149.